The highest BCUT2D eigenvalue weighted by molar-refractivity contribution is 5.47. The number of halogens is 1. The first-order valence-electron chi connectivity index (χ1n) is 5.73. The number of fused-ring (bicyclic) bond motifs is 1. The fourth-order valence-corrected chi connectivity index (χ4v) is 2.22. The Morgan fingerprint density at radius 2 is 2.39 bits per heavy atom. The normalized spacial score (nSPS) is 22.9. The van der Waals surface area contributed by atoms with E-state index in [9.17, 15) is 4.39 Å². The smallest absolute Gasteiger partial charge is 0.128 e. The van der Waals surface area contributed by atoms with Crippen LogP contribution >= 0.6 is 0 Å². The summed E-state index contributed by atoms with van der Waals surface area (Å²) in [4.78, 5) is 2.73. The molecule has 1 heterocycles. The molecular weight excluding hydrogens is 235 g/mol. The molecule has 0 amide bonds. The zero-order chi connectivity index (χ0) is 13.3. The highest BCUT2D eigenvalue weighted by Crippen LogP contribution is 2.40. The summed E-state index contributed by atoms with van der Waals surface area (Å²) in [5, 5.41) is 3.54. The number of hydrogen-bond donors (Lipinski definition) is 1. The lowest BCUT2D eigenvalue weighted by Gasteiger charge is -2.22. The Balaban J connectivity index is 2.39. The summed E-state index contributed by atoms with van der Waals surface area (Å²) in [5.41, 5.74) is 15.0. The maximum absolute atomic E-state index is 13.5. The average molecular weight is 250 g/mol. The van der Waals surface area contributed by atoms with E-state index in [0.29, 0.717) is 17.7 Å². The summed E-state index contributed by atoms with van der Waals surface area (Å²) in [6, 6.07) is 2.53. The lowest BCUT2D eigenvalue weighted by molar-refractivity contribution is 0.124. The Hall–Kier alpha value is -1.78. The van der Waals surface area contributed by atoms with E-state index < -0.39 is 5.60 Å². The van der Waals surface area contributed by atoms with Gasteiger partial charge in [-0.2, -0.15) is 0 Å². The van der Waals surface area contributed by atoms with Crippen molar-refractivity contribution in [2.24, 2.45) is 10.8 Å². The van der Waals surface area contributed by atoms with E-state index in [-0.39, 0.29) is 18.4 Å². The molecule has 2 atom stereocenters. The topological polar surface area (TPSA) is 84.0 Å². The molecule has 96 valence electrons. The van der Waals surface area contributed by atoms with Crippen LogP contribution in [-0.4, -0.2) is 12.1 Å². The van der Waals surface area contributed by atoms with Gasteiger partial charge in [0.05, 0.1) is 6.54 Å². The molecule has 5 nitrogen and oxygen atoms in total. The van der Waals surface area contributed by atoms with Crippen molar-refractivity contribution in [1.29, 1.82) is 0 Å². The van der Waals surface area contributed by atoms with Crippen molar-refractivity contribution in [1.82, 2.24) is 0 Å². The Kier molecular flexibility index (Phi) is 3.15. The molecule has 1 aliphatic heterocycles. The van der Waals surface area contributed by atoms with Crippen LogP contribution in [0.4, 0.5) is 4.39 Å². The number of rotatable bonds is 3. The Bertz CT molecular complexity index is 525. The molecule has 1 aliphatic rings. The van der Waals surface area contributed by atoms with Gasteiger partial charge in [-0.25, -0.2) is 4.39 Å². The minimum atomic E-state index is -0.619. The van der Waals surface area contributed by atoms with Crippen LogP contribution in [0, 0.1) is 5.82 Å². The maximum Gasteiger partial charge on any atom is 0.128 e. The third-order valence-corrected chi connectivity index (χ3v) is 3.03. The lowest BCUT2D eigenvalue weighted by atomic mass is 9.97. The number of ether oxygens (including phenoxy) is 1. The molecule has 0 saturated carbocycles. The van der Waals surface area contributed by atoms with Crippen LogP contribution < -0.4 is 10.5 Å². The van der Waals surface area contributed by atoms with Gasteiger partial charge in [0.15, 0.2) is 0 Å². The van der Waals surface area contributed by atoms with E-state index in [1.54, 1.807) is 6.92 Å². The minimum absolute atomic E-state index is 0.207. The standard InChI is InChI=1S/C12H15FN4O/c1-7(14)10-4-9(13)3-8-5-12(2,6-16-17-15)18-11(8)10/h3-4,7H,5-6,14H2,1-2H3/t7-,12?/m1/s1. The van der Waals surface area contributed by atoms with E-state index >= 15 is 0 Å². The van der Waals surface area contributed by atoms with Crippen molar-refractivity contribution < 1.29 is 9.13 Å². The number of azide groups is 1. The van der Waals surface area contributed by atoms with Gasteiger partial charge in [-0.3, -0.25) is 0 Å². The van der Waals surface area contributed by atoms with Gasteiger partial charge in [0.1, 0.15) is 17.2 Å². The van der Waals surface area contributed by atoms with Crippen LogP contribution in [0.5, 0.6) is 5.75 Å². The highest BCUT2D eigenvalue weighted by Gasteiger charge is 2.36. The van der Waals surface area contributed by atoms with E-state index in [0.717, 1.165) is 5.56 Å². The summed E-state index contributed by atoms with van der Waals surface area (Å²) in [7, 11) is 0. The molecule has 0 saturated heterocycles. The van der Waals surface area contributed by atoms with Crippen molar-refractivity contribution >= 4 is 0 Å². The van der Waals surface area contributed by atoms with Gasteiger partial charge in [0.25, 0.3) is 0 Å². The second-order valence-electron chi connectivity index (χ2n) is 4.89. The molecule has 0 spiro atoms. The number of hydrogen-bond acceptors (Lipinski definition) is 3. The molecule has 1 aromatic carbocycles. The van der Waals surface area contributed by atoms with Crippen molar-refractivity contribution in [3.63, 3.8) is 0 Å². The van der Waals surface area contributed by atoms with E-state index in [1.807, 2.05) is 6.92 Å². The first kappa shape index (κ1) is 12.7. The molecule has 0 aliphatic carbocycles. The van der Waals surface area contributed by atoms with E-state index in [4.69, 9.17) is 16.0 Å². The summed E-state index contributed by atoms with van der Waals surface area (Å²) < 4.78 is 19.3. The molecule has 0 aromatic heterocycles. The highest BCUT2D eigenvalue weighted by atomic mass is 19.1. The summed E-state index contributed by atoms with van der Waals surface area (Å²) >= 11 is 0. The number of nitrogens with zero attached hydrogens (tertiary/aromatic N) is 3. The third kappa shape index (κ3) is 2.25. The van der Waals surface area contributed by atoms with Crippen LogP contribution in [-0.2, 0) is 6.42 Å². The van der Waals surface area contributed by atoms with Gasteiger partial charge in [0, 0.05) is 28.5 Å². The summed E-state index contributed by atoms with van der Waals surface area (Å²) in [5.74, 6) is 0.305. The SMILES string of the molecule is C[C@@H](N)c1cc(F)cc2c1OC(C)(CN=[N+]=[N-])C2. The van der Waals surface area contributed by atoms with Crippen LogP contribution in [0.3, 0.4) is 0 Å². The molecule has 2 rings (SSSR count). The van der Waals surface area contributed by atoms with Gasteiger partial charge in [-0.05, 0) is 31.5 Å². The van der Waals surface area contributed by atoms with E-state index in [2.05, 4.69) is 10.0 Å². The minimum Gasteiger partial charge on any atom is -0.486 e. The van der Waals surface area contributed by atoms with Gasteiger partial charge in [-0.15, -0.1) is 0 Å². The van der Waals surface area contributed by atoms with Crippen molar-refractivity contribution in [3.05, 3.63) is 39.5 Å². The lowest BCUT2D eigenvalue weighted by Crippen LogP contribution is -2.33. The fraction of sp³-hybridized carbons (Fsp3) is 0.500. The largest absolute Gasteiger partial charge is 0.486 e. The van der Waals surface area contributed by atoms with Crippen LogP contribution in [0.2, 0.25) is 0 Å². The number of nitrogens with two attached hydrogens (primary N) is 1. The Morgan fingerprint density at radius 1 is 1.67 bits per heavy atom. The second-order valence-corrected chi connectivity index (χ2v) is 4.89. The van der Waals surface area contributed by atoms with Crippen LogP contribution in [0.25, 0.3) is 10.4 Å². The maximum atomic E-state index is 13.5. The predicted molar refractivity (Wildman–Crippen MR) is 65.8 cm³/mol. The van der Waals surface area contributed by atoms with Crippen molar-refractivity contribution in [2.75, 3.05) is 6.54 Å². The molecule has 2 N–H and O–H groups in total. The van der Waals surface area contributed by atoms with Gasteiger partial charge in [-0.1, -0.05) is 5.11 Å². The molecule has 6 heteroatoms. The summed E-state index contributed by atoms with van der Waals surface area (Å²) in [6.07, 6.45) is 0.513. The quantitative estimate of drug-likeness (QED) is 0.508. The Labute approximate surface area is 104 Å². The monoisotopic (exact) mass is 250 g/mol. The van der Waals surface area contributed by atoms with Crippen molar-refractivity contribution in [2.45, 2.75) is 31.9 Å². The van der Waals surface area contributed by atoms with Gasteiger partial charge >= 0.3 is 0 Å². The number of benzene rings is 1. The van der Waals surface area contributed by atoms with E-state index in [1.165, 1.54) is 12.1 Å². The second kappa shape index (κ2) is 4.48. The fourth-order valence-electron chi connectivity index (χ4n) is 2.22. The zero-order valence-corrected chi connectivity index (χ0v) is 10.4. The molecule has 0 radical (unpaired) electrons. The van der Waals surface area contributed by atoms with Gasteiger partial charge < -0.3 is 10.5 Å². The summed E-state index contributed by atoms with van der Waals surface area (Å²) in [6.45, 7) is 3.82. The third-order valence-electron chi connectivity index (χ3n) is 3.03. The first-order valence-corrected chi connectivity index (χ1v) is 5.73. The molecular formula is C12H15FN4O. The molecule has 0 fully saturated rings. The zero-order valence-electron chi connectivity index (χ0n) is 10.4. The molecule has 1 aromatic rings. The molecule has 0 bridgehead atoms. The van der Waals surface area contributed by atoms with Crippen LogP contribution in [0.15, 0.2) is 17.2 Å². The molecule has 1 unspecified atom stereocenters. The van der Waals surface area contributed by atoms with Crippen LogP contribution in [0.1, 0.15) is 31.0 Å². The van der Waals surface area contributed by atoms with Crippen molar-refractivity contribution in [3.8, 4) is 5.75 Å². The first-order chi connectivity index (χ1) is 8.45. The Morgan fingerprint density at radius 3 is 3.00 bits per heavy atom. The molecule has 18 heavy (non-hydrogen) atoms. The average Bonchev–Trinajstić information content (AvgIpc) is 2.62. The van der Waals surface area contributed by atoms with Gasteiger partial charge in [0.2, 0.25) is 0 Å². The predicted octanol–water partition coefficient (Wildman–Crippen LogP) is 2.85.